The first-order chi connectivity index (χ1) is 12.6. The lowest BCUT2D eigenvalue weighted by atomic mass is 9.43. The summed E-state index contributed by atoms with van der Waals surface area (Å²) >= 11 is 0. The van der Waals surface area contributed by atoms with E-state index in [1.165, 1.54) is 64.2 Å². The third-order valence-electron chi connectivity index (χ3n) is 9.89. The Bertz CT molecular complexity index is 536. The highest BCUT2D eigenvalue weighted by Crippen LogP contribution is 2.68. The molecule has 0 saturated heterocycles. The maximum Gasteiger partial charge on any atom is 0.0494 e. The van der Waals surface area contributed by atoms with Crippen molar-refractivity contribution in [3.8, 4) is 0 Å². The van der Waals surface area contributed by atoms with Crippen molar-refractivity contribution in [3.05, 3.63) is 11.6 Å². The largest absolute Gasteiger partial charge is 0.381 e. The lowest BCUT2D eigenvalue weighted by molar-refractivity contribution is -0.123. The summed E-state index contributed by atoms with van der Waals surface area (Å²) in [5.41, 5.74) is 3.02. The summed E-state index contributed by atoms with van der Waals surface area (Å²) in [5.74, 6) is 4.85. The number of fused-ring (bicyclic) bond motifs is 5. The highest BCUT2D eigenvalue weighted by molar-refractivity contribution is 5.23. The molecule has 0 aromatic heterocycles. The molecule has 1 heteroatoms. The second-order valence-electron chi connectivity index (χ2n) is 10.3. The van der Waals surface area contributed by atoms with Crippen LogP contribution in [0.4, 0.5) is 0 Å². The summed E-state index contributed by atoms with van der Waals surface area (Å²) in [6, 6.07) is 0. The normalized spacial score (nSPS) is 49.5. The third kappa shape index (κ3) is 2.75. The van der Waals surface area contributed by atoms with Gasteiger partial charge in [0.2, 0.25) is 0 Å². The SMILES string of the molecule is C/C=C1\CCC2C3CCC4CC(COCC)CCC4(CC)C3CCC12C. The topological polar surface area (TPSA) is 9.23 Å². The molecule has 4 fully saturated rings. The summed E-state index contributed by atoms with van der Waals surface area (Å²) in [5, 5.41) is 0. The van der Waals surface area contributed by atoms with Crippen molar-refractivity contribution in [3.63, 3.8) is 0 Å². The van der Waals surface area contributed by atoms with Gasteiger partial charge in [-0.25, -0.2) is 0 Å². The number of ether oxygens (including phenoxy) is 1. The summed E-state index contributed by atoms with van der Waals surface area (Å²) in [6.45, 7) is 11.5. The van der Waals surface area contributed by atoms with Crippen molar-refractivity contribution in [2.75, 3.05) is 13.2 Å². The first-order valence-corrected chi connectivity index (χ1v) is 11.8. The van der Waals surface area contributed by atoms with Crippen LogP contribution in [0.25, 0.3) is 0 Å². The van der Waals surface area contributed by atoms with Crippen LogP contribution in [0, 0.1) is 40.4 Å². The van der Waals surface area contributed by atoms with Gasteiger partial charge >= 0.3 is 0 Å². The van der Waals surface area contributed by atoms with Gasteiger partial charge in [-0.05, 0) is 118 Å². The molecule has 7 unspecified atom stereocenters. The van der Waals surface area contributed by atoms with Gasteiger partial charge in [-0.1, -0.05) is 25.5 Å². The zero-order chi connectivity index (χ0) is 18.4. The zero-order valence-electron chi connectivity index (χ0n) is 17.9. The monoisotopic (exact) mass is 358 g/mol. The van der Waals surface area contributed by atoms with Crippen LogP contribution in [-0.2, 0) is 4.74 Å². The molecule has 0 spiro atoms. The summed E-state index contributed by atoms with van der Waals surface area (Å²) in [4.78, 5) is 0. The fourth-order valence-corrected chi connectivity index (χ4v) is 8.61. The Labute approximate surface area is 162 Å². The molecule has 148 valence electrons. The van der Waals surface area contributed by atoms with E-state index in [0.717, 1.165) is 42.8 Å². The Balaban J connectivity index is 1.55. The molecular weight excluding hydrogens is 316 g/mol. The van der Waals surface area contributed by atoms with Gasteiger partial charge in [0.15, 0.2) is 0 Å². The second kappa shape index (κ2) is 7.26. The van der Waals surface area contributed by atoms with Crippen LogP contribution in [0.3, 0.4) is 0 Å². The summed E-state index contributed by atoms with van der Waals surface area (Å²) < 4.78 is 5.81. The van der Waals surface area contributed by atoms with Crippen LogP contribution in [0.1, 0.15) is 91.9 Å². The van der Waals surface area contributed by atoms with E-state index < -0.39 is 0 Å². The van der Waals surface area contributed by atoms with Crippen molar-refractivity contribution in [1.29, 1.82) is 0 Å². The molecule has 4 saturated carbocycles. The van der Waals surface area contributed by atoms with E-state index in [9.17, 15) is 0 Å². The molecule has 0 amide bonds. The van der Waals surface area contributed by atoms with Crippen LogP contribution in [0.15, 0.2) is 11.6 Å². The Morgan fingerprint density at radius 2 is 1.88 bits per heavy atom. The predicted molar refractivity (Wildman–Crippen MR) is 110 cm³/mol. The number of hydrogen-bond donors (Lipinski definition) is 0. The van der Waals surface area contributed by atoms with Gasteiger partial charge in [0.1, 0.15) is 0 Å². The average molecular weight is 359 g/mol. The molecule has 0 aromatic rings. The van der Waals surface area contributed by atoms with Gasteiger partial charge < -0.3 is 4.74 Å². The minimum Gasteiger partial charge on any atom is -0.381 e. The fourth-order valence-electron chi connectivity index (χ4n) is 8.61. The molecule has 4 aliphatic carbocycles. The Hall–Kier alpha value is -0.300. The number of hydrogen-bond acceptors (Lipinski definition) is 1. The van der Waals surface area contributed by atoms with Crippen LogP contribution >= 0.6 is 0 Å². The zero-order valence-corrected chi connectivity index (χ0v) is 17.9. The highest BCUT2D eigenvalue weighted by atomic mass is 16.5. The van der Waals surface area contributed by atoms with Crippen molar-refractivity contribution in [2.24, 2.45) is 40.4 Å². The molecule has 4 aliphatic rings. The standard InChI is InChI=1S/C25H42O/c1-5-19-9-11-22-21-10-8-20-16-18(17-26-7-3)12-15-25(20,6-2)23(21)13-14-24(19,22)4/h5,18,20-23H,6-17H2,1-4H3/b19-5+. The quantitative estimate of drug-likeness (QED) is 0.491. The van der Waals surface area contributed by atoms with Crippen LogP contribution in [0.2, 0.25) is 0 Å². The van der Waals surface area contributed by atoms with Gasteiger partial charge in [-0.3, -0.25) is 0 Å². The van der Waals surface area contributed by atoms with Crippen LogP contribution < -0.4 is 0 Å². The number of allylic oxidation sites excluding steroid dienone is 2. The fraction of sp³-hybridized carbons (Fsp3) is 0.920. The first kappa shape index (κ1) is 19.0. The van der Waals surface area contributed by atoms with E-state index in [1.807, 2.05) is 0 Å². The van der Waals surface area contributed by atoms with Gasteiger partial charge in [-0.15, -0.1) is 0 Å². The molecule has 7 atom stereocenters. The van der Waals surface area contributed by atoms with E-state index in [2.05, 4.69) is 33.8 Å². The molecule has 0 heterocycles. The maximum absolute atomic E-state index is 5.81. The van der Waals surface area contributed by atoms with E-state index >= 15 is 0 Å². The predicted octanol–water partition coefficient (Wildman–Crippen LogP) is 7.02. The van der Waals surface area contributed by atoms with Gasteiger partial charge in [0.05, 0.1) is 0 Å². The Kier molecular flexibility index (Phi) is 5.32. The minimum atomic E-state index is 0.545. The van der Waals surface area contributed by atoms with Crippen LogP contribution in [-0.4, -0.2) is 13.2 Å². The van der Waals surface area contributed by atoms with Crippen molar-refractivity contribution in [2.45, 2.75) is 91.9 Å². The molecular formula is C25H42O. The van der Waals surface area contributed by atoms with Crippen molar-refractivity contribution in [1.82, 2.24) is 0 Å². The molecule has 0 aromatic carbocycles. The van der Waals surface area contributed by atoms with Gasteiger partial charge in [-0.2, -0.15) is 0 Å². The lowest BCUT2D eigenvalue weighted by Gasteiger charge is -2.62. The Morgan fingerprint density at radius 1 is 1.04 bits per heavy atom. The van der Waals surface area contributed by atoms with Crippen molar-refractivity contribution < 1.29 is 4.74 Å². The van der Waals surface area contributed by atoms with E-state index in [0.29, 0.717) is 10.8 Å². The molecule has 0 radical (unpaired) electrons. The minimum absolute atomic E-state index is 0.545. The average Bonchev–Trinajstić information content (AvgIpc) is 3.02. The van der Waals surface area contributed by atoms with E-state index in [-0.39, 0.29) is 0 Å². The smallest absolute Gasteiger partial charge is 0.0494 e. The molecule has 1 nitrogen and oxygen atoms in total. The number of rotatable bonds is 4. The van der Waals surface area contributed by atoms with E-state index in [1.54, 1.807) is 5.57 Å². The van der Waals surface area contributed by atoms with E-state index in [4.69, 9.17) is 4.74 Å². The van der Waals surface area contributed by atoms with Crippen LogP contribution in [0.5, 0.6) is 0 Å². The van der Waals surface area contributed by atoms with Crippen molar-refractivity contribution >= 4 is 0 Å². The van der Waals surface area contributed by atoms with Gasteiger partial charge in [0, 0.05) is 13.2 Å². The summed E-state index contributed by atoms with van der Waals surface area (Å²) in [6.07, 6.45) is 17.2. The molecule has 4 rings (SSSR count). The molecule has 26 heavy (non-hydrogen) atoms. The summed E-state index contributed by atoms with van der Waals surface area (Å²) in [7, 11) is 0. The highest BCUT2D eigenvalue weighted by Gasteiger charge is 2.59. The second-order valence-corrected chi connectivity index (χ2v) is 10.3. The maximum atomic E-state index is 5.81. The third-order valence-corrected chi connectivity index (χ3v) is 9.89. The molecule has 0 aliphatic heterocycles. The molecule has 0 bridgehead atoms. The first-order valence-electron chi connectivity index (χ1n) is 11.8. The lowest BCUT2D eigenvalue weighted by Crippen LogP contribution is -2.54. The molecule has 0 N–H and O–H groups in total. The van der Waals surface area contributed by atoms with Gasteiger partial charge in [0.25, 0.3) is 0 Å². The Morgan fingerprint density at radius 3 is 2.62 bits per heavy atom.